The van der Waals surface area contributed by atoms with Gasteiger partial charge in [-0.1, -0.05) is 6.92 Å². The zero-order valence-corrected chi connectivity index (χ0v) is 13.3. The van der Waals surface area contributed by atoms with E-state index in [2.05, 4.69) is 5.32 Å². The first kappa shape index (κ1) is 17.0. The molecule has 112 valence electrons. The summed E-state index contributed by atoms with van der Waals surface area (Å²) in [7, 11) is -3.20. The zero-order chi connectivity index (χ0) is 15.4. The third-order valence-corrected chi connectivity index (χ3v) is 5.27. The highest BCUT2D eigenvalue weighted by molar-refractivity contribution is 7.99. The molecule has 0 spiro atoms. The number of benzene rings is 1. The molecule has 0 radical (unpaired) electrons. The standard InChI is InChI=1S/C13H19NO4S2/c1-4-14-13(2,12(15)16)9-19-10-5-7-11(8-6-10)20(3,17)18/h5-8,14H,4,9H2,1-3H3,(H,15,16). The highest BCUT2D eigenvalue weighted by Gasteiger charge is 2.31. The minimum Gasteiger partial charge on any atom is -0.480 e. The van der Waals surface area contributed by atoms with Crippen molar-refractivity contribution in [2.75, 3.05) is 18.6 Å². The molecule has 7 heteroatoms. The number of nitrogens with one attached hydrogen (secondary N) is 1. The monoisotopic (exact) mass is 317 g/mol. The van der Waals surface area contributed by atoms with Crippen molar-refractivity contribution >= 4 is 27.6 Å². The van der Waals surface area contributed by atoms with Gasteiger partial charge in [-0.15, -0.1) is 11.8 Å². The van der Waals surface area contributed by atoms with Crippen molar-refractivity contribution in [3.05, 3.63) is 24.3 Å². The van der Waals surface area contributed by atoms with Gasteiger partial charge in [0.25, 0.3) is 0 Å². The van der Waals surface area contributed by atoms with Crippen LogP contribution in [-0.4, -0.2) is 43.6 Å². The maximum Gasteiger partial charge on any atom is 0.324 e. The Morgan fingerprint density at radius 3 is 2.30 bits per heavy atom. The van der Waals surface area contributed by atoms with Crippen LogP contribution in [0.4, 0.5) is 0 Å². The molecule has 2 N–H and O–H groups in total. The number of aliphatic carboxylic acids is 1. The summed E-state index contributed by atoms with van der Waals surface area (Å²) < 4.78 is 22.7. The minimum absolute atomic E-state index is 0.259. The summed E-state index contributed by atoms with van der Waals surface area (Å²) in [5, 5.41) is 12.2. The highest BCUT2D eigenvalue weighted by atomic mass is 32.2. The average molecular weight is 317 g/mol. The van der Waals surface area contributed by atoms with Crippen LogP contribution in [0.1, 0.15) is 13.8 Å². The molecule has 1 rings (SSSR count). The Hall–Kier alpha value is -1.05. The average Bonchev–Trinajstić information content (AvgIpc) is 2.36. The molecule has 1 unspecified atom stereocenters. The molecule has 0 saturated heterocycles. The second-order valence-electron chi connectivity index (χ2n) is 4.70. The van der Waals surface area contributed by atoms with E-state index in [1.54, 1.807) is 19.1 Å². The van der Waals surface area contributed by atoms with Crippen LogP contribution < -0.4 is 5.32 Å². The van der Waals surface area contributed by atoms with Crippen LogP contribution in [0.2, 0.25) is 0 Å². The van der Waals surface area contributed by atoms with E-state index in [0.717, 1.165) is 11.2 Å². The van der Waals surface area contributed by atoms with Crippen LogP contribution in [0, 0.1) is 0 Å². The first-order valence-corrected chi connectivity index (χ1v) is 8.98. The number of rotatable bonds is 7. The quantitative estimate of drug-likeness (QED) is 0.744. The summed E-state index contributed by atoms with van der Waals surface area (Å²) in [6, 6.07) is 6.44. The molecule has 1 aromatic carbocycles. The Kier molecular flexibility index (Phi) is 5.61. The molecule has 0 aromatic heterocycles. The van der Waals surface area contributed by atoms with E-state index in [4.69, 9.17) is 0 Å². The van der Waals surface area contributed by atoms with Crippen molar-refractivity contribution in [3.8, 4) is 0 Å². The van der Waals surface area contributed by atoms with Crippen molar-refractivity contribution < 1.29 is 18.3 Å². The molecule has 5 nitrogen and oxygen atoms in total. The van der Waals surface area contributed by atoms with E-state index < -0.39 is 21.3 Å². The molecule has 0 bridgehead atoms. The first-order valence-electron chi connectivity index (χ1n) is 6.10. The van der Waals surface area contributed by atoms with Gasteiger partial charge in [0, 0.05) is 16.9 Å². The number of hydrogen-bond donors (Lipinski definition) is 2. The van der Waals surface area contributed by atoms with E-state index in [9.17, 15) is 18.3 Å². The van der Waals surface area contributed by atoms with Crippen LogP contribution in [0.25, 0.3) is 0 Å². The second kappa shape index (κ2) is 6.60. The second-order valence-corrected chi connectivity index (χ2v) is 7.76. The number of carboxylic acid groups (broad SMARTS) is 1. The third-order valence-electron chi connectivity index (χ3n) is 2.82. The maximum absolute atomic E-state index is 11.3. The number of carboxylic acids is 1. The molecule has 1 aromatic rings. The zero-order valence-electron chi connectivity index (χ0n) is 11.7. The van der Waals surface area contributed by atoms with E-state index in [1.165, 1.54) is 23.9 Å². The summed E-state index contributed by atoms with van der Waals surface area (Å²) in [5.41, 5.74) is -1.01. The van der Waals surface area contributed by atoms with E-state index >= 15 is 0 Å². The van der Waals surface area contributed by atoms with Crippen LogP contribution in [0.3, 0.4) is 0 Å². The lowest BCUT2D eigenvalue weighted by molar-refractivity contribution is -0.143. The normalized spacial score (nSPS) is 14.8. The van der Waals surface area contributed by atoms with Gasteiger partial charge in [0.05, 0.1) is 4.90 Å². The Labute approximate surface area is 123 Å². The van der Waals surface area contributed by atoms with E-state index in [1.807, 2.05) is 6.92 Å². The molecule has 0 heterocycles. The predicted octanol–water partition coefficient (Wildman–Crippen LogP) is 1.64. The lowest BCUT2D eigenvalue weighted by Gasteiger charge is -2.25. The fourth-order valence-corrected chi connectivity index (χ4v) is 3.23. The number of sulfone groups is 1. The fourth-order valence-electron chi connectivity index (χ4n) is 1.59. The van der Waals surface area contributed by atoms with E-state index in [0.29, 0.717) is 12.3 Å². The van der Waals surface area contributed by atoms with Crippen LogP contribution in [0.5, 0.6) is 0 Å². The molecule has 0 aliphatic heterocycles. The van der Waals surface area contributed by atoms with Crippen molar-refractivity contribution in [3.63, 3.8) is 0 Å². The summed E-state index contributed by atoms with van der Waals surface area (Å²) >= 11 is 1.38. The van der Waals surface area contributed by atoms with Gasteiger partial charge in [0.15, 0.2) is 9.84 Å². The number of thioether (sulfide) groups is 1. The summed E-state index contributed by atoms with van der Waals surface area (Å²) in [6.45, 7) is 4.06. The summed E-state index contributed by atoms with van der Waals surface area (Å²) in [5.74, 6) is -0.548. The molecule has 20 heavy (non-hydrogen) atoms. The Morgan fingerprint density at radius 1 is 1.35 bits per heavy atom. The molecule has 1 atom stereocenters. The summed E-state index contributed by atoms with van der Waals surface area (Å²) in [4.78, 5) is 12.4. The van der Waals surface area contributed by atoms with Gasteiger partial charge in [-0.3, -0.25) is 4.79 Å². The number of hydrogen-bond acceptors (Lipinski definition) is 5. The first-order chi connectivity index (χ1) is 9.19. The van der Waals surface area contributed by atoms with Gasteiger partial charge in [-0.25, -0.2) is 8.42 Å². The van der Waals surface area contributed by atoms with Crippen LogP contribution in [-0.2, 0) is 14.6 Å². The van der Waals surface area contributed by atoms with Gasteiger partial charge >= 0.3 is 5.97 Å². The molecular weight excluding hydrogens is 298 g/mol. The largest absolute Gasteiger partial charge is 0.480 e. The topological polar surface area (TPSA) is 83.5 Å². The summed E-state index contributed by atoms with van der Waals surface area (Å²) in [6.07, 6.45) is 1.15. The van der Waals surface area contributed by atoms with Gasteiger partial charge in [-0.05, 0) is 37.7 Å². The highest BCUT2D eigenvalue weighted by Crippen LogP contribution is 2.24. The van der Waals surface area contributed by atoms with Gasteiger partial charge in [-0.2, -0.15) is 0 Å². The van der Waals surface area contributed by atoms with Crippen molar-refractivity contribution in [2.24, 2.45) is 0 Å². The molecule has 0 fully saturated rings. The predicted molar refractivity (Wildman–Crippen MR) is 80.0 cm³/mol. The van der Waals surface area contributed by atoms with Gasteiger partial charge in [0.2, 0.25) is 0 Å². The van der Waals surface area contributed by atoms with Crippen LogP contribution in [0.15, 0.2) is 34.1 Å². The fraction of sp³-hybridized carbons (Fsp3) is 0.462. The Morgan fingerprint density at radius 2 is 1.90 bits per heavy atom. The van der Waals surface area contributed by atoms with E-state index in [-0.39, 0.29) is 4.90 Å². The molecule has 0 amide bonds. The Bertz CT molecular complexity index is 569. The van der Waals surface area contributed by atoms with Gasteiger partial charge in [0.1, 0.15) is 5.54 Å². The van der Waals surface area contributed by atoms with Crippen molar-refractivity contribution in [1.29, 1.82) is 0 Å². The molecule has 0 aliphatic carbocycles. The SMILES string of the molecule is CCNC(C)(CSc1ccc(S(C)(=O)=O)cc1)C(=O)O. The number of carbonyl (C=O) groups is 1. The minimum atomic E-state index is -3.20. The Balaban J connectivity index is 2.77. The molecule has 0 saturated carbocycles. The third kappa shape index (κ3) is 4.50. The lowest BCUT2D eigenvalue weighted by Crippen LogP contribution is -2.51. The number of likely N-dealkylation sites (N-methyl/N-ethyl adjacent to an activating group) is 1. The van der Waals surface area contributed by atoms with Gasteiger partial charge < -0.3 is 10.4 Å². The van der Waals surface area contributed by atoms with Crippen molar-refractivity contribution in [1.82, 2.24) is 5.32 Å². The molecule has 0 aliphatic rings. The maximum atomic E-state index is 11.3. The van der Waals surface area contributed by atoms with Crippen LogP contribution >= 0.6 is 11.8 Å². The lowest BCUT2D eigenvalue weighted by atomic mass is 10.1. The smallest absolute Gasteiger partial charge is 0.324 e. The van der Waals surface area contributed by atoms with Crippen molar-refractivity contribution in [2.45, 2.75) is 29.2 Å². The molecular formula is C13H19NO4S2.